The molecule has 0 aliphatic heterocycles. The number of hydrogen-bond donors (Lipinski definition) is 0. The second-order valence-electron chi connectivity index (χ2n) is 7.46. The number of nitrogens with one attached hydrogen (secondary N) is 1. The van der Waals surface area contributed by atoms with Crippen molar-refractivity contribution in [3.8, 4) is 17.2 Å². The first-order chi connectivity index (χ1) is 16.1. The molecule has 1 radical (unpaired) electrons. The lowest BCUT2D eigenvalue weighted by molar-refractivity contribution is -0.118. The number of oxazole rings is 1. The van der Waals surface area contributed by atoms with Crippen molar-refractivity contribution in [2.45, 2.75) is 25.4 Å². The van der Waals surface area contributed by atoms with Gasteiger partial charge in [-0.3, -0.25) is 20.3 Å². The van der Waals surface area contributed by atoms with Crippen LogP contribution in [0, 0.1) is 0 Å². The third-order valence-electron chi connectivity index (χ3n) is 5.06. The van der Waals surface area contributed by atoms with Crippen LogP contribution in [0.1, 0.15) is 47.0 Å². The maximum Gasteiger partial charge on any atom is 0.238 e. The molecule has 2 heterocycles. The molecule has 165 valence electrons. The van der Waals surface area contributed by atoms with Crippen LogP contribution >= 0.6 is 0 Å². The number of amides is 1. The molecule has 0 spiro atoms. The Morgan fingerprint density at radius 3 is 2.45 bits per heavy atom. The van der Waals surface area contributed by atoms with Crippen molar-refractivity contribution in [2.24, 2.45) is 0 Å². The maximum absolute atomic E-state index is 12.6. The average molecular weight is 440 g/mol. The van der Waals surface area contributed by atoms with Gasteiger partial charge in [0, 0.05) is 35.5 Å². The Morgan fingerprint density at radius 1 is 0.970 bits per heavy atom. The SMILES string of the molecule is [NH]C(=O)CCCC(Oc1ccccc1)c1coc(-c2ccc(C(=O)c3cccnc3)cc2)n1. The quantitative estimate of drug-likeness (QED) is 0.319. The van der Waals surface area contributed by atoms with Gasteiger partial charge in [0.1, 0.15) is 23.8 Å². The van der Waals surface area contributed by atoms with E-state index in [9.17, 15) is 9.59 Å². The van der Waals surface area contributed by atoms with Crippen LogP contribution in [-0.2, 0) is 4.79 Å². The van der Waals surface area contributed by atoms with Crippen LogP contribution in [-0.4, -0.2) is 21.7 Å². The number of carbonyl (C=O) groups is 2. The van der Waals surface area contributed by atoms with E-state index in [0.717, 1.165) is 5.56 Å². The Balaban J connectivity index is 1.51. The van der Waals surface area contributed by atoms with Crippen molar-refractivity contribution in [3.63, 3.8) is 0 Å². The van der Waals surface area contributed by atoms with E-state index in [1.807, 2.05) is 30.3 Å². The molecule has 1 N–H and O–H groups in total. The zero-order valence-electron chi connectivity index (χ0n) is 17.8. The molecule has 4 rings (SSSR count). The number of rotatable bonds is 10. The number of ketones is 1. The highest BCUT2D eigenvalue weighted by molar-refractivity contribution is 6.08. The summed E-state index contributed by atoms with van der Waals surface area (Å²) in [5.41, 5.74) is 9.52. The standard InChI is InChI=1S/C26H22N3O4/c27-24(30)10-4-9-23(33-21-7-2-1-3-8-21)22-17-32-26(29-22)19-13-11-18(12-14-19)25(31)20-6-5-15-28-16-20/h1-3,5-8,11-17,23,27H,4,9-10H2. The van der Waals surface area contributed by atoms with E-state index in [-0.39, 0.29) is 12.2 Å². The number of hydrogen-bond acceptors (Lipinski definition) is 6. The van der Waals surface area contributed by atoms with Gasteiger partial charge in [-0.1, -0.05) is 30.3 Å². The van der Waals surface area contributed by atoms with Crippen molar-refractivity contribution in [1.82, 2.24) is 15.7 Å². The van der Waals surface area contributed by atoms with Gasteiger partial charge in [-0.2, -0.15) is 0 Å². The van der Waals surface area contributed by atoms with Gasteiger partial charge in [-0.05, 0) is 49.2 Å². The number of pyridine rings is 1. The third-order valence-corrected chi connectivity index (χ3v) is 5.06. The minimum absolute atomic E-state index is 0.108. The van der Waals surface area contributed by atoms with Crippen LogP contribution < -0.4 is 10.5 Å². The molecule has 0 fully saturated rings. The van der Waals surface area contributed by atoms with Gasteiger partial charge in [-0.25, -0.2) is 4.98 Å². The summed E-state index contributed by atoms with van der Waals surface area (Å²) in [5, 5.41) is 0. The van der Waals surface area contributed by atoms with Crippen molar-refractivity contribution < 1.29 is 18.7 Å². The van der Waals surface area contributed by atoms with Crippen LogP contribution in [0.15, 0.2) is 89.8 Å². The average Bonchev–Trinajstić information content (AvgIpc) is 3.34. The summed E-state index contributed by atoms with van der Waals surface area (Å²) in [7, 11) is 0. The minimum Gasteiger partial charge on any atom is -0.484 e. The van der Waals surface area contributed by atoms with E-state index in [1.54, 1.807) is 48.9 Å². The van der Waals surface area contributed by atoms with E-state index in [0.29, 0.717) is 41.3 Å². The summed E-state index contributed by atoms with van der Waals surface area (Å²) in [6.07, 6.45) is 5.47. The molecule has 0 saturated carbocycles. The summed E-state index contributed by atoms with van der Waals surface area (Å²) in [5.74, 6) is 0.379. The first-order valence-electron chi connectivity index (χ1n) is 10.6. The van der Waals surface area contributed by atoms with Crippen LogP contribution in [0.4, 0.5) is 0 Å². The van der Waals surface area contributed by atoms with Gasteiger partial charge in [0.05, 0.1) is 0 Å². The summed E-state index contributed by atoms with van der Waals surface area (Å²) < 4.78 is 11.8. The Kier molecular flexibility index (Phi) is 6.90. The number of para-hydroxylation sites is 1. The Bertz CT molecular complexity index is 1210. The van der Waals surface area contributed by atoms with Crippen LogP contribution in [0.5, 0.6) is 5.75 Å². The molecule has 0 aliphatic rings. The van der Waals surface area contributed by atoms with Crippen LogP contribution in [0.2, 0.25) is 0 Å². The van der Waals surface area contributed by atoms with Gasteiger partial charge in [0.15, 0.2) is 5.78 Å². The summed E-state index contributed by atoms with van der Waals surface area (Å²) in [6.45, 7) is 0. The molecule has 0 bridgehead atoms. The minimum atomic E-state index is -0.602. The Labute approximate surface area is 191 Å². The van der Waals surface area contributed by atoms with Crippen LogP contribution in [0.25, 0.3) is 11.5 Å². The summed E-state index contributed by atoms with van der Waals surface area (Å²) >= 11 is 0. The first kappa shape index (κ1) is 22.0. The van der Waals surface area contributed by atoms with Crippen molar-refractivity contribution in [3.05, 3.63) is 102 Å². The fourth-order valence-corrected chi connectivity index (χ4v) is 3.37. The lowest BCUT2D eigenvalue weighted by atomic mass is 10.0. The topological polar surface area (TPSA) is 106 Å². The Morgan fingerprint density at radius 2 is 1.76 bits per heavy atom. The van der Waals surface area contributed by atoms with Crippen molar-refractivity contribution in [2.75, 3.05) is 0 Å². The second-order valence-corrected chi connectivity index (χ2v) is 7.46. The normalized spacial score (nSPS) is 11.6. The molecule has 1 atom stereocenters. The molecule has 4 aromatic rings. The van der Waals surface area contributed by atoms with Gasteiger partial charge < -0.3 is 9.15 Å². The van der Waals surface area contributed by atoms with E-state index in [1.165, 1.54) is 6.20 Å². The van der Waals surface area contributed by atoms with E-state index >= 15 is 0 Å². The van der Waals surface area contributed by atoms with Crippen LogP contribution in [0.3, 0.4) is 0 Å². The van der Waals surface area contributed by atoms with Gasteiger partial charge >= 0.3 is 0 Å². The number of aromatic nitrogens is 2. The first-order valence-corrected chi connectivity index (χ1v) is 10.6. The highest BCUT2D eigenvalue weighted by atomic mass is 16.5. The molecule has 1 amide bonds. The molecule has 7 nitrogen and oxygen atoms in total. The highest BCUT2D eigenvalue weighted by Gasteiger charge is 2.20. The fourth-order valence-electron chi connectivity index (χ4n) is 3.37. The molecule has 2 aromatic heterocycles. The molecule has 33 heavy (non-hydrogen) atoms. The van der Waals surface area contributed by atoms with E-state index < -0.39 is 12.0 Å². The largest absolute Gasteiger partial charge is 0.484 e. The van der Waals surface area contributed by atoms with Crippen molar-refractivity contribution >= 4 is 11.7 Å². The predicted octanol–water partition coefficient (Wildman–Crippen LogP) is 5.07. The maximum atomic E-state index is 12.6. The lowest BCUT2D eigenvalue weighted by Crippen LogP contribution is -2.09. The molecular weight excluding hydrogens is 418 g/mol. The second kappa shape index (κ2) is 10.4. The summed E-state index contributed by atoms with van der Waals surface area (Å²) in [4.78, 5) is 32.2. The van der Waals surface area contributed by atoms with Gasteiger partial charge in [-0.15, -0.1) is 0 Å². The third kappa shape index (κ3) is 5.71. The predicted molar refractivity (Wildman–Crippen MR) is 121 cm³/mol. The molecule has 2 aromatic carbocycles. The smallest absolute Gasteiger partial charge is 0.238 e. The fraction of sp³-hybridized carbons (Fsp3) is 0.154. The van der Waals surface area contributed by atoms with E-state index in [4.69, 9.17) is 14.9 Å². The van der Waals surface area contributed by atoms with Crippen molar-refractivity contribution in [1.29, 1.82) is 0 Å². The molecule has 7 heteroatoms. The molecule has 0 aliphatic carbocycles. The van der Waals surface area contributed by atoms with E-state index in [2.05, 4.69) is 9.97 Å². The monoisotopic (exact) mass is 440 g/mol. The van der Waals surface area contributed by atoms with Gasteiger partial charge in [0.2, 0.25) is 11.8 Å². The Hall–Kier alpha value is -4.26. The molecule has 1 unspecified atom stereocenters. The zero-order valence-corrected chi connectivity index (χ0v) is 17.8. The number of benzene rings is 2. The lowest BCUT2D eigenvalue weighted by Gasteiger charge is -2.16. The number of nitrogens with zero attached hydrogens (tertiary/aromatic N) is 2. The number of ether oxygens (including phenoxy) is 1. The van der Waals surface area contributed by atoms with Gasteiger partial charge in [0.25, 0.3) is 0 Å². The summed E-state index contributed by atoms with van der Waals surface area (Å²) in [6, 6.07) is 19.8. The molecular formula is C26H22N3O4. The number of carbonyl (C=O) groups excluding carboxylic acids is 2. The molecule has 0 saturated heterocycles. The highest BCUT2D eigenvalue weighted by Crippen LogP contribution is 2.29. The zero-order chi connectivity index (χ0) is 23.0.